The second kappa shape index (κ2) is 6.11. The Labute approximate surface area is 123 Å². The van der Waals surface area contributed by atoms with Gasteiger partial charge in [-0.05, 0) is 24.6 Å². The van der Waals surface area contributed by atoms with E-state index >= 15 is 0 Å². The van der Waals surface area contributed by atoms with Gasteiger partial charge in [-0.25, -0.2) is 9.37 Å². The van der Waals surface area contributed by atoms with E-state index in [1.807, 2.05) is 6.92 Å². The minimum absolute atomic E-state index is 0.106. The van der Waals surface area contributed by atoms with Gasteiger partial charge in [0.15, 0.2) is 0 Å². The maximum atomic E-state index is 13.1. The predicted octanol–water partition coefficient (Wildman–Crippen LogP) is 4.38. The van der Waals surface area contributed by atoms with Gasteiger partial charge < -0.3 is 5.73 Å². The monoisotopic (exact) mass is 318 g/mol. The first-order valence-corrected chi connectivity index (χ1v) is 7.24. The molecule has 0 aliphatic rings. The summed E-state index contributed by atoms with van der Waals surface area (Å²) in [5.74, 6) is -0.921. The van der Waals surface area contributed by atoms with Crippen molar-refractivity contribution in [2.45, 2.75) is 32.5 Å². The number of nitrogens with zero attached hydrogens (tertiary/aromatic N) is 1. The molecule has 0 bridgehead atoms. The molecule has 2 aromatic rings. The molecule has 2 rings (SSSR count). The average Bonchev–Trinajstić information content (AvgIpc) is 2.81. The lowest BCUT2D eigenvalue weighted by Gasteiger charge is -2.11. The highest BCUT2D eigenvalue weighted by atomic mass is 32.1. The van der Waals surface area contributed by atoms with Gasteiger partial charge in [-0.3, -0.25) is 0 Å². The fourth-order valence-corrected chi connectivity index (χ4v) is 3.05. The molecule has 21 heavy (non-hydrogen) atoms. The third kappa shape index (κ3) is 3.41. The second-order valence-corrected chi connectivity index (χ2v) is 5.61. The summed E-state index contributed by atoms with van der Waals surface area (Å²) < 4.78 is 52.2. The zero-order valence-electron chi connectivity index (χ0n) is 11.3. The molecule has 0 radical (unpaired) electrons. The minimum Gasteiger partial charge on any atom is -0.326 e. The second-order valence-electron chi connectivity index (χ2n) is 4.53. The van der Waals surface area contributed by atoms with Crippen molar-refractivity contribution in [3.05, 3.63) is 40.2 Å². The Morgan fingerprint density at radius 1 is 1.29 bits per heavy atom. The maximum absolute atomic E-state index is 13.1. The normalized spacial score (nSPS) is 11.9. The minimum atomic E-state index is -4.63. The molecule has 0 fully saturated rings. The molecule has 0 amide bonds. The molecule has 1 aromatic carbocycles. The number of benzene rings is 1. The molecule has 0 spiro atoms. The fourth-order valence-electron chi connectivity index (χ4n) is 2.03. The molecule has 7 heteroatoms. The number of aromatic nitrogens is 1. The molecule has 114 valence electrons. The first kappa shape index (κ1) is 15.9. The SMILES string of the molecule is CCCc1nc(-c2ccc(F)cc2C(F)(F)F)sc1CN. The van der Waals surface area contributed by atoms with Gasteiger partial charge in [-0.2, -0.15) is 13.2 Å². The van der Waals surface area contributed by atoms with E-state index in [0.717, 1.165) is 40.5 Å². The van der Waals surface area contributed by atoms with E-state index < -0.39 is 17.6 Å². The van der Waals surface area contributed by atoms with E-state index in [0.29, 0.717) is 12.5 Å². The number of rotatable bonds is 4. The van der Waals surface area contributed by atoms with E-state index in [9.17, 15) is 17.6 Å². The van der Waals surface area contributed by atoms with Crippen LogP contribution in [-0.2, 0) is 19.1 Å². The highest BCUT2D eigenvalue weighted by Crippen LogP contribution is 2.39. The Balaban J connectivity index is 2.56. The van der Waals surface area contributed by atoms with Gasteiger partial charge in [-0.15, -0.1) is 11.3 Å². The molecule has 2 N–H and O–H groups in total. The van der Waals surface area contributed by atoms with Crippen LogP contribution in [0.2, 0.25) is 0 Å². The topological polar surface area (TPSA) is 38.9 Å². The Morgan fingerprint density at radius 3 is 2.57 bits per heavy atom. The first-order valence-electron chi connectivity index (χ1n) is 6.42. The Morgan fingerprint density at radius 2 is 2.00 bits per heavy atom. The Bertz CT molecular complexity index is 634. The molecule has 0 aliphatic carbocycles. The van der Waals surface area contributed by atoms with Crippen molar-refractivity contribution in [2.24, 2.45) is 5.73 Å². The van der Waals surface area contributed by atoms with Gasteiger partial charge >= 0.3 is 6.18 Å². The van der Waals surface area contributed by atoms with E-state index in [-0.39, 0.29) is 17.1 Å². The largest absolute Gasteiger partial charge is 0.417 e. The summed E-state index contributed by atoms with van der Waals surface area (Å²) in [5, 5.41) is 0.228. The van der Waals surface area contributed by atoms with Crippen LogP contribution in [0.4, 0.5) is 17.6 Å². The molecule has 0 aliphatic heterocycles. The number of halogens is 4. The lowest BCUT2D eigenvalue weighted by molar-refractivity contribution is -0.137. The van der Waals surface area contributed by atoms with E-state index in [1.165, 1.54) is 0 Å². The van der Waals surface area contributed by atoms with Crippen LogP contribution < -0.4 is 5.73 Å². The molecule has 0 atom stereocenters. The van der Waals surface area contributed by atoms with Crippen molar-refractivity contribution in [2.75, 3.05) is 0 Å². The molecule has 1 aromatic heterocycles. The maximum Gasteiger partial charge on any atom is 0.417 e. The highest BCUT2D eigenvalue weighted by molar-refractivity contribution is 7.15. The van der Waals surface area contributed by atoms with Crippen LogP contribution >= 0.6 is 11.3 Å². The zero-order chi connectivity index (χ0) is 15.6. The van der Waals surface area contributed by atoms with Crippen molar-refractivity contribution in [1.82, 2.24) is 4.98 Å². The van der Waals surface area contributed by atoms with Crippen LogP contribution in [0.1, 0.15) is 29.5 Å². The highest BCUT2D eigenvalue weighted by Gasteiger charge is 2.35. The van der Waals surface area contributed by atoms with Crippen LogP contribution in [0.25, 0.3) is 10.6 Å². The van der Waals surface area contributed by atoms with Crippen LogP contribution in [-0.4, -0.2) is 4.98 Å². The third-order valence-corrected chi connectivity index (χ3v) is 4.12. The number of alkyl halides is 3. The summed E-state index contributed by atoms with van der Waals surface area (Å²) in [5.41, 5.74) is 5.21. The van der Waals surface area contributed by atoms with Gasteiger partial charge in [0.25, 0.3) is 0 Å². The summed E-state index contributed by atoms with van der Waals surface area (Å²) in [6.07, 6.45) is -3.14. The van der Waals surface area contributed by atoms with Gasteiger partial charge in [0, 0.05) is 17.0 Å². The fraction of sp³-hybridized carbons (Fsp3) is 0.357. The van der Waals surface area contributed by atoms with Crippen molar-refractivity contribution in [1.29, 1.82) is 0 Å². The van der Waals surface area contributed by atoms with Crippen molar-refractivity contribution in [3.63, 3.8) is 0 Å². The number of aryl methyl sites for hydroxylation is 1. The van der Waals surface area contributed by atoms with E-state index in [1.54, 1.807) is 0 Å². The zero-order valence-corrected chi connectivity index (χ0v) is 12.1. The number of thiazole rings is 1. The van der Waals surface area contributed by atoms with Crippen LogP contribution in [0.15, 0.2) is 18.2 Å². The van der Waals surface area contributed by atoms with Gasteiger partial charge in [0.2, 0.25) is 0 Å². The lowest BCUT2D eigenvalue weighted by Crippen LogP contribution is -2.07. The van der Waals surface area contributed by atoms with Crippen LogP contribution in [0.5, 0.6) is 0 Å². The molecule has 0 unspecified atom stereocenters. The van der Waals surface area contributed by atoms with Crippen LogP contribution in [0.3, 0.4) is 0 Å². The first-order chi connectivity index (χ1) is 9.86. The average molecular weight is 318 g/mol. The lowest BCUT2D eigenvalue weighted by atomic mass is 10.1. The Hall–Kier alpha value is -1.47. The summed E-state index contributed by atoms with van der Waals surface area (Å²) in [7, 11) is 0. The smallest absolute Gasteiger partial charge is 0.326 e. The summed E-state index contributed by atoms with van der Waals surface area (Å²) in [4.78, 5) is 5.03. The quantitative estimate of drug-likeness (QED) is 0.850. The predicted molar refractivity (Wildman–Crippen MR) is 74.4 cm³/mol. The van der Waals surface area contributed by atoms with Crippen molar-refractivity contribution >= 4 is 11.3 Å². The van der Waals surface area contributed by atoms with Gasteiger partial charge in [0.05, 0.1) is 11.3 Å². The Kier molecular flexibility index (Phi) is 4.63. The van der Waals surface area contributed by atoms with Gasteiger partial charge in [0.1, 0.15) is 10.8 Å². The summed E-state index contributed by atoms with van der Waals surface area (Å²) in [6.45, 7) is 2.19. The molecular formula is C14H14F4N2S. The molecule has 1 heterocycles. The van der Waals surface area contributed by atoms with Crippen molar-refractivity contribution in [3.8, 4) is 10.6 Å². The number of nitrogens with two attached hydrogens (primary N) is 1. The summed E-state index contributed by atoms with van der Waals surface area (Å²) in [6, 6.07) is 2.62. The standard InChI is InChI=1S/C14H14F4N2S/c1-2-3-11-12(7-19)21-13(20-11)9-5-4-8(15)6-10(9)14(16,17)18/h4-6H,2-3,7,19H2,1H3. The van der Waals surface area contributed by atoms with Crippen molar-refractivity contribution < 1.29 is 17.6 Å². The molecular weight excluding hydrogens is 304 g/mol. The molecule has 0 saturated heterocycles. The number of hydrogen-bond donors (Lipinski definition) is 1. The van der Waals surface area contributed by atoms with Gasteiger partial charge in [-0.1, -0.05) is 13.3 Å². The summed E-state index contributed by atoms with van der Waals surface area (Å²) >= 11 is 1.13. The number of hydrogen-bond acceptors (Lipinski definition) is 3. The van der Waals surface area contributed by atoms with E-state index in [2.05, 4.69) is 4.98 Å². The molecule has 2 nitrogen and oxygen atoms in total. The van der Waals surface area contributed by atoms with E-state index in [4.69, 9.17) is 5.73 Å². The molecule has 0 saturated carbocycles. The third-order valence-electron chi connectivity index (χ3n) is 2.97. The van der Waals surface area contributed by atoms with Crippen LogP contribution in [0, 0.1) is 5.82 Å².